The van der Waals surface area contributed by atoms with Crippen LogP contribution >= 0.6 is 0 Å². The molecule has 0 aromatic rings. The Morgan fingerprint density at radius 3 is 2.29 bits per heavy atom. The van der Waals surface area contributed by atoms with Crippen molar-refractivity contribution in [2.45, 2.75) is 6.42 Å². The highest BCUT2D eigenvalue weighted by molar-refractivity contribution is 5.70. The Bertz CT molecular complexity index is 190. The standard InChI is InChI=1S/C11H26N4O2/c1-12-4-3-5-14-6-7-15-9-10(8-13-2)11(16)17/h10,12-15H,3-9H2,1-2H3,(H,16,17). The zero-order chi connectivity index (χ0) is 12.9. The van der Waals surface area contributed by atoms with E-state index in [0.29, 0.717) is 13.1 Å². The number of carbonyl (C=O) groups is 1. The van der Waals surface area contributed by atoms with Gasteiger partial charge in [0, 0.05) is 26.2 Å². The monoisotopic (exact) mass is 246 g/mol. The minimum absolute atomic E-state index is 0.357. The average Bonchev–Trinajstić information content (AvgIpc) is 2.31. The van der Waals surface area contributed by atoms with E-state index in [1.807, 2.05) is 7.05 Å². The summed E-state index contributed by atoms with van der Waals surface area (Å²) >= 11 is 0. The van der Waals surface area contributed by atoms with Crippen LogP contribution in [0.15, 0.2) is 0 Å². The number of hydrogen-bond donors (Lipinski definition) is 5. The highest BCUT2D eigenvalue weighted by atomic mass is 16.4. The maximum atomic E-state index is 10.8. The van der Waals surface area contributed by atoms with Crippen LogP contribution in [0.4, 0.5) is 0 Å². The zero-order valence-corrected chi connectivity index (χ0v) is 10.9. The van der Waals surface area contributed by atoms with Gasteiger partial charge >= 0.3 is 5.97 Å². The van der Waals surface area contributed by atoms with Gasteiger partial charge in [0.2, 0.25) is 0 Å². The summed E-state index contributed by atoms with van der Waals surface area (Å²) in [5, 5.41) is 21.3. The van der Waals surface area contributed by atoms with Crippen LogP contribution in [-0.2, 0) is 4.79 Å². The predicted molar refractivity (Wildman–Crippen MR) is 69.3 cm³/mol. The van der Waals surface area contributed by atoms with Crippen LogP contribution in [0.25, 0.3) is 0 Å². The Kier molecular flexibility index (Phi) is 11.3. The first-order valence-corrected chi connectivity index (χ1v) is 6.15. The molecule has 102 valence electrons. The molecule has 0 saturated carbocycles. The number of hydrogen-bond acceptors (Lipinski definition) is 5. The van der Waals surface area contributed by atoms with Crippen molar-refractivity contribution in [2.24, 2.45) is 5.92 Å². The van der Waals surface area contributed by atoms with E-state index in [1.165, 1.54) is 0 Å². The van der Waals surface area contributed by atoms with Gasteiger partial charge in [0.15, 0.2) is 0 Å². The molecule has 0 fully saturated rings. The van der Waals surface area contributed by atoms with Crippen molar-refractivity contribution in [1.82, 2.24) is 21.3 Å². The fourth-order valence-electron chi connectivity index (χ4n) is 1.46. The number of carboxylic acid groups (broad SMARTS) is 1. The van der Waals surface area contributed by atoms with Crippen LogP contribution in [0.3, 0.4) is 0 Å². The summed E-state index contributed by atoms with van der Waals surface area (Å²) in [6.07, 6.45) is 1.11. The molecule has 5 N–H and O–H groups in total. The molecular weight excluding hydrogens is 220 g/mol. The van der Waals surface area contributed by atoms with Crippen LogP contribution in [0.1, 0.15) is 6.42 Å². The molecule has 0 aliphatic carbocycles. The van der Waals surface area contributed by atoms with Crippen LogP contribution in [0.2, 0.25) is 0 Å². The first-order chi connectivity index (χ1) is 8.22. The number of rotatable bonds is 12. The van der Waals surface area contributed by atoms with Gasteiger partial charge in [0.1, 0.15) is 0 Å². The van der Waals surface area contributed by atoms with Gasteiger partial charge in [-0.15, -0.1) is 0 Å². The predicted octanol–water partition coefficient (Wildman–Crippen LogP) is -1.30. The van der Waals surface area contributed by atoms with E-state index in [9.17, 15) is 4.79 Å². The maximum absolute atomic E-state index is 10.8. The fourth-order valence-corrected chi connectivity index (χ4v) is 1.46. The second kappa shape index (κ2) is 11.8. The van der Waals surface area contributed by atoms with Crippen molar-refractivity contribution in [3.05, 3.63) is 0 Å². The highest BCUT2D eigenvalue weighted by Gasteiger charge is 2.14. The Labute approximate surface area is 104 Å². The minimum atomic E-state index is -0.756. The zero-order valence-electron chi connectivity index (χ0n) is 10.9. The third-order valence-electron chi connectivity index (χ3n) is 2.45. The topological polar surface area (TPSA) is 85.4 Å². The quantitative estimate of drug-likeness (QED) is 0.275. The van der Waals surface area contributed by atoms with E-state index in [4.69, 9.17) is 5.11 Å². The van der Waals surface area contributed by atoms with Crippen LogP contribution < -0.4 is 21.3 Å². The molecule has 0 heterocycles. The molecular formula is C11H26N4O2. The molecule has 0 aliphatic rings. The second-order valence-corrected chi connectivity index (χ2v) is 4.00. The lowest BCUT2D eigenvalue weighted by atomic mass is 10.1. The van der Waals surface area contributed by atoms with Crippen LogP contribution in [0, 0.1) is 5.92 Å². The second-order valence-electron chi connectivity index (χ2n) is 4.00. The van der Waals surface area contributed by atoms with Gasteiger partial charge in [-0.25, -0.2) is 0 Å². The summed E-state index contributed by atoms with van der Waals surface area (Å²) < 4.78 is 0. The van der Waals surface area contributed by atoms with Crippen LogP contribution in [-0.4, -0.2) is 64.4 Å². The van der Waals surface area contributed by atoms with Gasteiger partial charge in [-0.05, 0) is 33.6 Å². The molecule has 17 heavy (non-hydrogen) atoms. The molecule has 0 radical (unpaired) electrons. The first-order valence-electron chi connectivity index (χ1n) is 6.15. The smallest absolute Gasteiger partial charge is 0.309 e. The lowest BCUT2D eigenvalue weighted by Gasteiger charge is -2.13. The molecule has 6 heteroatoms. The van der Waals surface area contributed by atoms with E-state index < -0.39 is 5.97 Å². The fraction of sp³-hybridized carbons (Fsp3) is 0.909. The summed E-state index contributed by atoms with van der Waals surface area (Å²) in [5.41, 5.74) is 0. The third kappa shape index (κ3) is 10.2. The van der Waals surface area contributed by atoms with Crippen molar-refractivity contribution in [3.63, 3.8) is 0 Å². The van der Waals surface area contributed by atoms with Gasteiger partial charge in [0.05, 0.1) is 5.92 Å². The molecule has 0 rings (SSSR count). The van der Waals surface area contributed by atoms with Crippen molar-refractivity contribution in [3.8, 4) is 0 Å². The van der Waals surface area contributed by atoms with E-state index in [1.54, 1.807) is 7.05 Å². The molecule has 0 aliphatic heterocycles. The Morgan fingerprint density at radius 1 is 1.00 bits per heavy atom. The summed E-state index contributed by atoms with van der Waals surface area (Å²) in [4.78, 5) is 10.8. The average molecular weight is 246 g/mol. The van der Waals surface area contributed by atoms with E-state index in [2.05, 4.69) is 21.3 Å². The molecule has 0 spiro atoms. The molecule has 0 saturated heterocycles. The van der Waals surface area contributed by atoms with Gasteiger partial charge in [-0.1, -0.05) is 0 Å². The summed E-state index contributed by atoms with van der Waals surface area (Å²) in [6, 6.07) is 0. The number of carboxylic acids is 1. The molecule has 6 nitrogen and oxygen atoms in total. The molecule has 1 unspecified atom stereocenters. The maximum Gasteiger partial charge on any atom is 0.309 e. The SMILES string of the molecule is CNCCCNCCNCC(CNC)C(=O)O. The summed E-state index contributed by atoms with van der Waals surface area (Å²) in [6.45, 7) is 4.68. The van der Waals surface area contributed by atoms with Gasteiger partial charge in [0.25, 0.3) is 0 Å². The summed E-state index contributed by atoms with van der Waals surface area (Å²) in [5.74, 6) is -1.11. The van der Waals surface area contributed by atoms with Crippen molar-refractivity contribution in [1.29, 1.82) is 0 Å². The third-order valence-corrected chi connectivity index (χ3v) is 2.45. The first kappa shape index (κ1) is 16.3. The highest BCUT2D eigenvalue weighted by Crippen LogP contribution is 1.91. The van der Waals surface area contributed by atoms with Crippen molar-refractivity contribution >= 4 is 5.97 Å². The Hall–Kier alpha value is -0.690. The van der Waals surface area contributed by atoms with E-state index in [0.717, 1.165) is 32.6 Å². The van der Waals surface area contributed by atoms with Gasteiger partial charge in [-0.3, -0.25) is 4.79 Å². The molecule has 1 atom stereocenters. The number of aliphatic carboxylic acids is 1. The largest absolute Gasteiger partial charge is 0.481 e. The minimum Gasteiger partial charge on any atom is -0.481 e. The Balaban J connectivity index is 3.33. The molecule has 0 aromatic heterocycles. The summed E-state index contributed by atoms with van der Waals surface area (Å²) in [7, 11) is 3.70. The molecule has 0 bridgehead atoms. The molecule has 0 aromatic carbocycles. The van der Waals surface area contributed by atoms with Crippen molar-refractivity contribution < 1.29 is 9.90 Å². The Morgan fingerprint density at radius 2 is 1.71 bits per heavy atom. The van der Waals surface area contributed by atoms with Gasteiger partial charge in [-0.2, -0.15) is 0 Å². The lowest BCUT2D eigenvalue weighted by Crippen LogP contribution is -2.38. The lowest BCUT2D eigenvalue weighted by molar-refractivity contribution is -0.141. The van der Waals surface area contributed by atoms with Gasteiger partial charge < -0.3 is 26.4 Å². The normalized spacial score (nSPS) is 12.6. The van der Waals surface area contributed by atoms with E-state index in [-0.39, 0.29) is 5.92 Å². The molecule has 0 amide bonds. The van der Waals surface area contributed by atoms with Crippen molar-refractivity contribution in [2.75, 3.05) is 53.4 Å². The number of nitrogens with one attached hydrogen (secondary N) is 4. The van der Waals surface area contributed by atoms with Crippen LogP contribution in [0.5, 0.6) is 0 Å². The van der Waals surface area contributed by atoms with E-state index >= 15 is 0 Å².